The fourth-order valence-electron chi connectivity index (χ4n) is 3.07. The molecule has 1 unspecified atom stereocenters. The van der Waals surface area contributed by atoms with Gasteiger partial charge in [0.2, 0.25) is 16.9 Å². The number of fused-ring (bicyclic) bond motifs is 1. The molecule has 0 fully saturated rings. The lowest BCUT2D eigenvalue weighted by molar-refractivity contribution is -0.119. The molecule has 1 atom stereocenters. The van der Waals surface area contributed by atoms with Gasteiger partial charge in [-0.25, -0.2) is 4.68 Å². The van der Waals surface area contributed by atoms with Gasteiger partial charge in [0.15, 0.2) is 5.76 Å². The minimum Gasteiger partial charge on any atom is -0.461 e. The summed E-state index contributed by atoms with van der Waals surface area (Å²) in [6.45, 7) is 1.98. The summed E-state index contributed by atoms with van der Waals surface area (Å²) < 4.78 is 6.61. The van der Waals surface area contributed by atoms with Crippen LogP contribution in [0.4, 0.5) is 0 Å². The summed E-state index contributed by atoms with van der Waals surface area (Å²) in [5, 5.41) is 13.8. The number of amides is 1. The first-order valence-electron chi connectivity index (χ1n) is 8.77. The molecule has 0 saturated heterocycles. The zero-order chi connectivity index (χ0) is 19.5. The van der Waals surface area contributed by atoms with Crippen molar-refractivity contribution in [2.24, 2.45) is 0 Å². The van der Waals surface area contributed by atoms with Gasteiger partial charge in [-0.05, 0) is 35.4 Å². The number of carbonyl (C=O) groups excluding carboxylic acids is 1. The maximum absolute atomic E-state index is 12.4. The van der Waals surface area contributed by atoms with Crippen LogP contribution in [-0.4, -0.2) is 26.5 Å². The smallest absolute Gasteiger partial charge is 0.230 e. The summed E-state index contributed by atoms with van der Waals surface area (Å²) in [7, 11) is 0. The van der Waals surface area contributed by atoms with Crippen LogP contribution in [0.2, 0.25) is 0 Å². The van der Waals surface area contributed by atoms with Crippen LogP contribution in [0.25, 0.3) is 22.4 Å². The van der Waals surface area contributed by atoms with Gasteiger partial charge in [-0.2, -0.15) is 0 Å². The molecular weight excluding hydrogens is 374 g/mol. The van der Waals surface area contributed by atoms with E-state index in [0.717, 1.165) is 16.3 Å². The molecule has 0 saturated carbocycles. The summed E-state index contributed by atoms with van der Waals surface area (Å²) in [6, 6.07) is 17.6. The molecule has 2 aromatic carbocycles. The van der Waals surface area contributed by atoms with Gasteiger partial charge < -0.3 is 15.6 Å². The highest BCUT2D eigenvalue weighted by molar-refractivity contribution is 7.99. The number of carbonyl (C=O) groups is 1. The number of aromatic nitrogens is 3. The molecule has 0 aliphatic rings. The first kappa shape index (κ1) is 18.1. The number of nitrogens with two attached hydrogens (primary N) is 1. The van der Waals surface area contributed by atoms with Gasteiger partial charge >= 0.3 is 0 Å². The third-order valence-corrected chi connectivity index (χ3v) is 5.35. The lowest BCUT2D eigenvalue weighted by atomic mass is 10.00. The van der Waals surface area contributed by atoms with Crippen LogP contribution < -0.4 is 11.2 Å². The summed E-state index contributed by atoms with van der Waals surface area (Å²) in [5.41, 5.74) is 1.08. The molecule has 142 valence electrons. The van der Waals surface area contributed by atoms with E-state index in [0.29, 0.717) is 16.7 Å². The number of furan rings is 1. The second-order valence-corrected chi connectivity index (χ2v) is 7.24. The van der Waals surface area contributed by atoms with Crippen molar-refractivity contribution >= 4 is 28.4 Å². The van der Waals surface area contributed by atoms with E-state index in [9.17, 15) is 4.79 Å². The van der Waals surface area contributed by atoms with E-state index in [1.54, 1.807) is 18.4 Å². The molecule has 3 N–H and O–H groups in total. The zero-order valence-electron chi connectivity index (χ0n) is 15.2. The highest BCUT2D eigenvalue weighted by Gasteiger charge is 2.17. The fourth-order valence-corrected chi connectivity index (χ4v) is 3.74. The molecule has 28 heavy (non-hydrogen) atoms. The third-order valence-electron chi connectivity index (χ3n) is 4.41. The van der Waals surface area contributed by atoms with Gasteiger partial charge in [-0.1, -0.05) is 54.2 Å². The number of thioether (sulfide) groups is 1. The average molecular weight is 393 g/mol. The molecule has 2 heterocycles. The number of hydrogen-bond donors (Lipinski definition) is 2. The Morgan fingerprint density at radius 1 is 1.18 bits per heavy atom. The highest BCUT2D eigenvalue weighted by atomic mass is 32.2. The van der Waals surface area contributed by atoms with E-state index in [-0.39, 0.29) is 17.7 Å². The van der Waals surface area contributed by atoms with Crippen LogP contribution in [0.5, 0.6) is 0 Å². The number of hydrogen-bond acceptors (Lipinski definition) is 6. The molecule has 1 amide bonds. The third kappa shape index (κ3) is 3.59. The molecule has 0 bridgehead atoms. The fraction of sp³-hybridized carbons (Fsp3) is 0.150. The Hall–Kier alpha value is -3.26. The van der Waals surface area contributed by atoms with Crippen molar-refractivity contribution in [1.29, 1.82) is 0 Å². The minimum absolute atomic E-state index is 0.104. The maximum Gasteiger partial charge on any atom is 0.230 e. The highest BCUT2D eigenvalue weighted by Crippen LogP contribution is 2.25. The average Bonchev–Trinajstić information content (AvgIpc) is 3.35. The number of nitrogen functional groups attached to an aromatic ring is 1. The molecule has 8 heteroatoms. The topological polar surface area (TPSA) is 99.0 Å². The Bertz CT molecular complexity index is 1100. The largest absolute Gasteiger partial charge is 0.461 e. The first-order chi connectivity index (χ1) is 13.6. The van der Waals surface area contributed by atoms with Crippen molar-refractivity contribution in [1.82, 2.24) is 20.2 Å². The Balaban J connectivity index is 1.41. The van der Waals surface area contributed by atoms with E-state index >= 15 is 0 Å². The van der Waals surface area contributed by atoms with Crippen molar-refractivity contribution in [3.8, 4) is 11.6 Å². The van der Waals surface area contributed by atoms with Crippen molar-refractivity contribution in [3.63, 3.8) is 0 Å². The molecule has 0 aliphatic carbocycles. The Labute approximate surface area is 165 Å². The van der Waals surface area contributed by atoms with Crippen molar-refractivity contribution in [3.05, 3.63) is 66.4 Å². The van der Waals surface area contributed by atoms with Crippen LogP contribution in [0.3, 0.4) is 0 Å². The van der Waals surface area contributed by atoms with E-state index in [1.807, 2.05) is 31.2 Å². The quantitative estimate of drug-likeness (QED) is 0.385. The van der Waals surface area contributed by atoms with E-state index in [2.05, 4.69) is 33.7 Å². The second-order valence-electron chi connectivity index (χ2n) is 6.30. The van der Waals surface area contributed by atoms with E-state index in [1.165, 1.54) is 16.4 Å². The van der Waals surface area contributed by atoms with Gasteiger partial charge in [0, 0.05) is 0 Å². The van der Waals surface area contributed by atoms with Crippen molar-refractivity contribution in [2.45, 2.75) is 18.1 Å². The van der Waals surface area contributed by atoms with Crippen LogP contribution in [0.15, 0.2) is 70.4 Å². The van der Waals surface area contributed by atoms with Gasteiger partial charge in [0.1, 0.15) is 0 Å². The molecule has 0 aliphatic heterocycles. The summed E-state index contributed by atoms with van der Waals surface area (Å²) >= 11 is 1.22. The Morgan fingerprint density at radius 2 is 2.00 bits per heavy atom. The predicted octanol–water partition coefficient (Wildman–Crippen LogP) is 3.37. The van der Waals surface area contributed by atoms with Crippen LogP contribution in [0, 0.1) is 0 Å². The van der Waals surface area contributed by atoms with Crippen LogP contribution in [-0.2, 0) is 4.79 Å². The molecule has 4 rings (SSSR count). The maximum atomic E-state index is 12.4. The number of nitrogens with one attached hydrogen (secondary N) is 1. The number of rotatable bonds is 6. The van der Waals surface area contributed by atoms with Crippen molar-refractivity contribution < 1.29 is 9.21 Å². The summed E-state index contributed by atoms with van der Waals surface area (Å²) in [6.07, 6.45) is 1.54. The molecule has 0 spiro atoms. The molecular formula is C20H19N5O2S. The summed E-state index contributed by atoms with van der Waals surface area (Å²) in [5.74, 6) is 7.03. The standard InChI is InChI=1S/C20H19N5O2S/c1-13(15-9-4-7-14-6-2-3-8-16(14)15)22-18(26)12-28-20-24-23-19(25(20)21)17-10-5-11-27-17/h2-11,13H,12,21H2,1H3,(H,22,26). The predicted molar refractivity (Wildman–Crippen MR) is 109 cm³/mol. The van der Waals surface area contributed by atoms with E-state index < -0.39 is 0 Å². The summed E-state index contributed by atoms with van der Waals surface area (Å²) in [4.78, 5) is 12.4. The minimum atomic E-state index is -0.117. The van der Waals surface area contributed by atoms with E-state index in [4.69, 9.17) is 10.3 Å². The molecule has 2 aromatic heterocycles. The molecule has 4 aromatic rings. The van der Waals surface area contributed by atoms with Gasteiger partial charge in [-0.15, -0.1) is 10.2 Å². The zero-order valence-corrected chi connectivity index (χ0v) is 16.0. The van der Waals surface area contributed by atoms with Gasteiger partial charge in [0.25, 0.3) is 0 Å². The number of nitrogens with zero attached hydrogens (tertiary/aromatic N) is 3. The normalized spacial score (nSPS) is 12.2. The monoisotopic (exact) mass is 393 g/mol. The van der Waals surface area contributed by atoms with Gasteiger partial charge in [-0.3, -0.25) is 4.79 Å². The Morgan fingerprint density at radius 3 is 2.82 bits per heavy atom. The Kier molecular flexibility index (Phi) is 5.03. The lowest BCUT2D eigenvalue weighted by Gasteiger charge is -2.16. The molecule has 7 nitrogen and oxygen atoms in total. The van der Waals surface area contributed by atoms with Gasteiger partial charge in [0.05, 0.1) is 18.1 Å². The lowest BCUT2D eigenvalue weighted by Crippen LogP contribution is -2.28. The van der Waals surface area contributed by atoms with Crippen LogP contribution in [0.1, 0.15) is 18.5 Å². The number of benzene rings is 2. The second kappa shape index (κ2) is 7.77. The molecule has 0 radical (unpaired) electrons. The van der Waals surface area contributed by atoms with Crippen molar-refractivity contribution in [2.75, 3.05) is 11.6 Å². The van der Waals surface area contributed by atoms with Crippen LogP contribution >= 0.6 is 11.8 Å². The first-order valence-corrected chi connectivity index (χ1v) is 9.76. The SMILES string of the molecule is CC(NC(=O)CSc1nnc(-c2ccco2)n1N)c1cccc2ccccc12.